The minimum atomic E-state index is -5.18. The second-order valence-electron chi connectivity index (χ2n) is 5.11. The van der Waals surface area contributed by atoms with Crippen LogP contribution in [0.3, 0.4) is 0 Å². The molecule has 1 aliphatic rings. The normalized spacial score (nSPS) is 21.3. The maximum Gasteiger partial charge on any atom is 0.442 e. The van der Waals surface area contributed by atoms with E-state index in [1.54, 1.807) is 0 Å². The van der Waals surface area contributed by atoms with Gasteiger partial charge in [-0.3, -0.25) is 5.43 Å². The third-order valence-electron chi connectivity index (χ3n) is 3.33. The Morgan fingerprint density at radius 3 is 2.44 bits per heavy atom. The molecule has 25 heavy (non-hydrogen) atoms. The zero-order valence-electron chi connectivity index (χ0n) is 12.5. The minimum Gasteiger partial charge on any atom is -0.384 e. The summed E-state index contributed by atoms with van der Waals surface area (Å²) in [6.07, 6.45) is -9.14. The fourth-order valence-electron chi connectivity index (χ4n) is 2.08. The molecule has 0 spiro atoms. The summed E-state index contributed by atoms with van der Waals surface area (Å²) in [4.78, 5) is 3.34. The van der Waals surface area contributed by atoms with Crippen molar-refractivity contribution >= 4 is 17.4 Å². The minimum absolute atomic E-state index is 0.0103. The van der Waals surface area contributed by atoms with Crippen LogP contribution < -0.4 is 10.4 Å². The Bertz CT molecular complexity index is 679. The van der Waals surface area contributed by atoms with Gasteiger partial charge in [0, 0.05) is 25.4 Å². The fraction of sp³-hybridized carbons (Fsp3) is 0.462. The average Bonchev–Trinajstić information content (AvgIpc) is 2.82. The summed E-state index contributed by atoms with van der Waals surface area (Å²) in [5.41, 5.74) is -2.57. The van der Waals surface area contributed by atoms with Gasteiger partial charge in [-0.15, -0.1) is 0 Å². The highest BCUT2D eigenvalue weighted by Crippen LogP contribution is 2.42. The molecule has 0 amide bonds. The Morgan fingerprint density at radius 1 is 1.32 bits per heavy atom. The van der Waals surface area contributed by atoms with E-state index in [1.165, 1.54) is 7.11 Å². The number of hydrogen-bond acceptors (Lipinski definition) is 5. The van der Waals surface area contributed by atoms with Crippen molar-refractivity contribution in [3.05, 3.63) is 34.6 Å². The number of anilines is 1. The molecule has 2 N–H and O–H groups in total. The largest absolute Gasteiger partial charge is 0.442 e. The van der Waals surface area contributed by atoms with Gasteiger partial charge in [0.2, 0.25) is 0 Å². The molecule has 0 fully saturated rings. The van der Waals surface area contributed by atoms with Gasteiger partial charge in [-0.2, -0.15) is 26.3 Å². The molecule has 12 heteroatoms. The first kappa shape index (κ1) is 19.6. The number of hydrazine groups is 1. The van der Waals surface area contributed by atoms with Crippen LogP contribution >= 0.6 is 11.6 Å². The fourth-order valence-corrected chi connectivity index (χ4v) is 2.33. The summed E-state index contributed by atoms with van der Waals surface area (Å²) < 4.78 is 82.6. The van der Waals surface area contributed by atoms with Gasteiger partial charge in [0.25, 0.3) is 5.72 Å². The van der Waals surface area contributed by atoms with Crippen LogP contribution in [0.2, 0.25) is 5.02 Å². The second kappa shape index (κ2) is 6.54. The molecule has 0 saturated heterocycles. The number of nitrogens with one attached hydrogen (secondary N) is 1. The Kier molecular flexibility index (Phi) is 5.13. The van der Waals surface area contributed by atoms with E-state index < -0.39 is 34.5 Å². The van der Waals surface area contributed by atoms with E-state index in [0.717, 1.165) is 0 Å². The molecule has 1 aromatic rings. The number of hydrogen-bond donors (Lipinski definition) is 2. The first-order valence-corrected chi connectivity index (χ1v) is 7.07. The molecule has 0 aromatic carbocycles. The summed E-state index contributed by atoms with van der Waals surface area (Å²) in [6, 6.07) is 0.426. The van der Waals surface area contributed by atoms with E-state index in [2.05, 4.69) is 10.4 Å². The van der Waals surface area contributed by atoms with Crippen LogP contribution in [-0.4, -0.2) is 35.7 Å². The van der Waals surface area contributed by atoms with Gasteiger partial charge in [0.05, 0.1) is 17.2 Å². The average molecular weight is 392 g/mol. The molecule has 140 valence electrons. The van der Waals surface area contributed by atoms with Gasteiger partial charge in [0.15, 0.2) is 5.82 Å². The lowest BCUT2D eigenvalue weighted by Crippen LogP contribution is -2.59. The Labute approximate surface area is 142 Å². The third kappa shape index (κ3) is 3.77. The van der Waals surface area contributed by atoms with Crippen molar-refractivity contribution in [3.63, 3.8) is 0 Å². The summed E-state index contributed by atoms with van der Waals surface area (Å²) in [7, 11) is 1.33. The zero-order valence-corrected chi connectivity index (χ0v) is 13.3. The van der Waals surface area contributed by atoms with Crippen molar-refractivity contribution in [3.8, 4) is 0 Å². The predicted molar refractivity (Wildman–Crippen MR) is 75.4 cm³/mol. The number of rotatable bonds is 4. The molecular weight excluding hydrogens is 380 g/mol. The van der Waals surface area contributed by atoms with E-state index in [9.17, 15) is 31.4 Å². The van der Waals surface area contributed by atoms with Crippen molar-refractivity contribution in [1.82, 2.24) is 10.4 Å². The van der Waals surface area contributed by atoms with Crippen molar-refractivity contribution in [2.24, 2.45) is 0 Å². The summed E-state index contributed by atoms with van der Waals surface area (Å²) in [5, 5.41) is 9.52. The van der Waals surface area contributed by atoms with Crippen molar-refractivity contribution in [2.45, 2.75) is 24.5 Å². The summed E-state index contributed by atoms with van der Waals surface area (Å²) >= 11 is 5.67. The van der Waals surface area contributed by atoms with E-state index in [4.69, 9.17) is 16.3 Å². The number of aliphatic hydroxyl groups is 1. The van der Waals surface area contributed by atoms with E-state index in [0.29, 0.717) is 18.3 Å². The van der Waals surface area contributed by atoms with Gasteiger partial charge in [-0.1, -0.05) is 11.6 Å². The smallest absolute Gasteiger partial charge is 0.384 e. The molecule has 0 bridgehead atoms. The Morgan fingerprint density at radius 2 is 1.96 bits per heavy atom. The molecule has 0 unspecified atom stereocenters. The number of alkyl halides is 6. The molecule has 0 aliphatic carbocycles. The first-order valence-electron chi connectivity index (χ1n) is 6.69. The molecule has 2 heterocycles. The maximum absolute atomic E-state index is 13.3. The number of ether oxygens (including phenoxy) is 1. The SMILES string of the molecule is COCCC1=C[C@@](O)(C(F)(F)F)N(c2ncc(C(F)(F)F)cc2Cl)N1. The van der Waals surface area contributed by atoms with Crippen molar-refractivity contribution in [1.29, 1.82) is 0 Å². The number of pyridine rings is 1. The molecule has 1 aliphatic heterocycles. The number of nitrogens with zero attached hydrogens (tertiary/aromatic N) is 2. The van der Waals surface area contributed by atoms with Crippen LogP contribution in [-0.2, 0) is 10.9 Å². The van der Waals surface area contributed by atoms with Crippen LogP contribution in [0.15, 0.2) is 24.0 Å². The quantitative estimate of drug-likeness (QED) is 0.772. The number of halogens is 7. The molecule has 1 aromatic heterocycles. The Hall–Kier alpha value is -1.72. The zero-order chi connectivity index (χ0) is 19.0. The molecular formula is C13H12ClF6N3O2. The third-order valence-corrected chi connectivity index (χ3v) is 3.60. The highest BCUT2D eigenvalue weighted by Gasteiger charge is 2.60. The van der Waals surface area contributed by atoms with Crippen molar-refractivity contribution in [2.75, 3.05) is 18.7 Å². The molecule has 0 saturated carbocycles. The first-order chi connectivity index (χ1) is 11.4. The van der Waals surface area contributed by atoms with E-state index >= 15 is 0 Å². The van der Waals surface area contributed by atoms with Gasteiger partial charge >= 0.3 is 12.4 Å². The summed E-state index contributed by atoms with van der Waals surface area (Å²) in [5.74, 6) is -0.710. The lowest BCUT2D eigenvalue weighted by molar-refractivity contribution is -0.238. The van der Waals surface area contributed by atoms with Crippen LogP contribution in [0.5, 0.6) is 0 Å². The standard InChI is InChI=1S/C13H12ClF6N3O2/c1-25-3-2-8-5-11(24,13(18,19)20)23(22-8)10-9(14)4-7(6-21-10)12(15,16)17/h4-6,22,24H,2-3H2,1H3/t11-/m1/s1. The van der Waals surface area contributed by atoms with E-state index in [-0.39, 0.29) is 23.7 Å². The maximum atomic E-state index is 13.3. The Balaban J connectivity index is 2.43. The lowest BCUT2D eigenvalue weighted by Gasteiger charge is -2.35. The van der Waals surface area contributed by atoms with Crippen LogP contribution in [0, 0.1) is 0 Å². The van der Waals surface area contributed by atoms with Crippen LogP contribution in [0.1, 0.15) is 12.0 Å². The van der Waals surface area contributed by atoms with Gasteiger partial charge in [0.1, 0.15) is 0 Å². The van der Waals surface area contributed by atoms with Crippen molar-refractivity contribution < 1.29 is 36.2 Å². The predicted octanol–water partition coefficient (Wildman–Crippen LogP) is 3.25. The van der Waals surface area contributed by atoms with E-state index in [1.807, 2.05) is 0 Å². The number of aromatic nitrogens is 1. The lowest BCUT2D eigenvalue weighted by atomic mass is 10.1. The summed E-state index contributed by atoms with van der Waals surface area (Å²) in [6.45, 7) is 0.0504. The van der Waals surface area contributed by atoms with Gasteiger partial charge < -0.3 is 9.84 Å². The topological polar surface area (TPSA) is 57.6 Å². The second-order valence-corrected chi connectivity index (χ2v) is 5.52. The number of methoxy groups -OCH3 is 1. The molecule has 5 nitrogen and oxygen atoms in total. The monoisotopic (exact) mass is 391 g/mol. The highest BCUT2D eigenvalue weighted by atomic mass is 35.5. The van der Waals surface area contributed by atoms with Gasteiger partial charge in [-0.05, 0) is 12.1 Å². The van der Waals surface area contributed by atoms with Crippen LogP contribution in [0.25, 0.3) is 0 Å². The molecule has 0 radical (unpaired) electrons. The molecule has 1 atom stereocenters. The van der Waals surface area contributed by atoms with Gasteiger partial charge in [-0.25, -0.2) is 9.99 Å². The molecule has 2 rings (SSSR count). The van der Waals surface area contributed by atoms with Crippen LogP contribution in [0.4, 0.5) is 32.2 Å². The highest BCUT2D eigenvalue weighted by molar-refractivity contribution is 6.33.